The third-order valence-electron chi connectivity index (χ3n) is 5.15. The quantitative estimate of drug-likeness (QED) is 0.266. The van der Waals surface area contributed by atoms with Crippen LogP contribution in [0.3, 0.4) is 0 Å². The molecular formula is C25H24BrN3O4S. The molecule has 2 heterocycles. The van der Waals surface area contributed by atoms with Gasteiger partial charge >= 0.3 is 0 Å². The molecule has 7 nitrogen and oxygen atoms in total. The van der Waals surface area contributed by atoms with Crippen molar-refractivity contribution in [3.8, 4) is 11.6 Å². The topological polar surface area (TPSA) is 81.7 Å². The Balaban J connectivity index is 1.44. The van der Waals surface area contributed by atoms with E-state index in [9.17, 15) is 4.79 Å². The van der Waals surface area contributed by atoms with Crippen molar-refractivity contribution >= 4 is 43.3 Å². The molecule has 2 N–H and O–H groups in total. The Hall–Kier alpha value is -2.98. The molecule has 4 aromatic rings. The van der Waals surface area contributed by atoms with Crippen molar-refractivity contribution in [3.63, 3.8) is 0 Å². The van der Waals surface area contributed by atoms with Crippen molar-refractivity contribution in [1.82, 2.24) is 15.8 Å². The summed E-state index contributed by atoms with van der Waals surface area (Å²) >= 11 is 5.03. The minimum Gasteiger partial charge on any atom is -0.497 e. The van der Waals surface area contributed by atoms with E-state index in [0.717, 1.165) is 16.2 Å². The van der Waals surface area contributed by atoms with Gasteiger partial charge in [-0.15, -0.1) is 11.3 Å². The fourth-order valence-corrected chi connectivity index (χ4v) is 4.84. The van der Waals surface area contributed by atoms with E-state index in [1.807, 2.05) is 36.4 Å². The SMILES string of the molecule is COc1ccc(CNC(CONC(=O)c2ccc(Br)c(OC)n2)c2cc3ccccc3s2)cc1. The molecule has 0 aliphatic heterocycles. The number of hydrogen-bond acceptors (Lipinski definition) is 7. The number of hydroxylamine groups is 1. The Kier molecular flexibility index (Phi) is 8.12. The normalized spacial score (nSPS) is 11.9. The number of carbonyl (C=O) groups excluding carboxylic acids is 1. The first-order valence-electron chi connectivity index (χ1n) is 10.5. The second-order valence-corrected chi connectivity index (χ2v) is 9.37. The number of ether oxygens (including phenoxy) is 2. The van der Waals surface area contributed by atoms with Gasteiger partial charge < -0.3 is 14.8 Å². The Morgan fingerprint density at radius 3 is 2.59 bits per heavy atom. The average Bonchev–Trinajstić information content (AvgIpc) is 3.30. The molecule has 0 saturated heterocycles. The smallest absolute Gasteiger partial charge is 0.293 e. The second kappa shape index (κ2) is 11.4. The number of rotatable bonds is 10. The van der Waals surface area contributed by atoms with E-state index in [-0.39, 0.29) is 18.3 Å². The summed E-state index contributed by atoms with van der Waals surface area (Å²) in [6, 6.07) is 21.5. The minimum atomic E-state index is -0.448. The minimum absolute atomic E-state index is 0.132. The lowest BCUT2D eigenvalue weighted by Crippen LogP contribution is -2.31. The van der Waals surface area contributed by atoms with Crippen molar-refractivity contribution < 1.29 is 19.1 Å². The Labute approximate surface area is 210 Å². The monoisotopic (exact) mass is 541 g/mol. The molecule has 1 atom stereocenters. The van der Waals surface area contributed by atoms with Gasteiger partial charge in [0.2, 0.25) is 5.88 Å². The number of nitrogens with one attached hydrogen (secondary N) is 2. The number of pyridine rings is 1. The molecule has 0 aliphatic carbocycles. The number of hydrogen-bond donors (Lipinski definition) is 2. The average molecular weight is 542 g/mol. The van der Waals surface area contributed by atoms with Gasteiger partial charge in [-0.2, -0.15) is 0 Å². The highest BCUT2D eigenvalue weighted by molar-refractivity contribution is 9.10. The van der Waals surface area contributed by atoms with E-state index < -0.39 is 5.91 Å². The van der Waals surface area contributed by atoms with Crippen molar-refractivity contribution in [1.29, 1.82) is 0 Å². The predicted molar refractivity (Wildman–Crippen MR) is 136 cm³/mol. The summed E-state index contributed by atoms with van der Waals surface area (Å²) in [6.07, 6.45) is 0. The first kappa shape index (κ1) is 24.2. The van der Waals surface area contributed by atoms with Crippen molar-refractivity contribution in [3.05, 3.63) is 87.3 Å². The van der Waals surface area contributed by atoms with Gasteiger partial charge in [0.1, 0.15) is 11.4 Å². The summed E-state index contributed by atoms with van der Waals surface area (Å²) in [4.78, 5) is 23.4. The van der Waals surface area contributed by atoms with Gasteiger partial charge in [-0.25, -0.2) is 10.5 Å². The van der Waals surface area contributed by atoms with E-state index in [1.165, 1.54) is 17.2 Å². The number of benzene rings is 2. The van der Waals surface area contributed by atoms with Crippen molar-refractivity contribution in [2.75, 3.05) is 20.8 Å². The highest BCUT2D eigenvalue weighted by atomic mass is 79.9. The van der Waals surface area contributed by atoms with E-state index in [0.29, 0.717) is 16.9 Å². The van der Waals surface area contributed by atoms with Gasteiger partial charge in [0.15, 0.2) is 0 Å². The maximum Gasteiger partial charge on any atom is 0.293 e. The third-order valence-corrected chi connectivity index (χ3v) is 6.99. The van der Waals surface area contributed by atoms with E-state index in [1.54, 1.807) is 30.6 Å². The van der Waals surface area contributed by atoms with Crippen LogP contribution in [0.2, 0.25) is 0 Å². The molecule has 0 spiro atoms. The van der Waals surface area contributed by atoms with Crippen LogP contribution in [0.4, 0.5) is 0 Å². The van der Waals surface area contributed by atoms with Crippen LogP contribution in [0.1, 0.15) is 27.0 Å². The van der Waals surface area contributed by atoms with E-state index >= 15 is 0 Å². The zero-order valence-corrected chi connectivity index (χ0v) is 21.1. The number of amides is 1. The fourth-order valence-electron chi connectivity index (χ4n) is 3.34. The predicted octanol–water partition coefficient (Wildman–Crippen LogP) is 5.27. The van der Waals surface area contributed by atoms with Gasteiger partial charge in [0, 0.05) is 16.1 Å². The standard InChI is InChI=1S/C25H24BrN3O4S/c1-31-18-9-7-16(8-10-18)14-27-21(23-13-17-5-3-4-6-22(17)34-23)15-33-29-24(30)20-12-11-19(26)25(28-20)32-2/h3-13,21,27H,14-15H2,1-2H3,(H,29,30). The summed E-state index contributed by atoms with van der Waals surface area (Å²) in [7, 11) is 3.14. The van der Waals surface area contributed by atoms with Crippen LogP contribution < -0.4 is 20.3 Å². The molecule has 9 heteroatoms. The van der Waals surface area contributed by atoms with Gasteiger partial charge in [-0.05, 0) is 63.3 Å². The molecule has 0 aliphatic rings. The number of methoxy groups -OCH3 is 2. The zero-order chi connectivity index (χ0) is 23.9. The van der Waals surface area contributed by atoms with Gasteiger partial charge in [-0.3, -0.25) is 9.63 Å². The lowest BCUT2D eigenvalue weighted by atomic mass is 10.1. The molecule has 0 bridgehead atoms. The summed E-state index contributed by atoms with van der Waals surface area (Å²) in [5.74, 6) is 0.696. The maximum absolute atomic E-state index is 12.5. The number of fused-ring (bicyclic) bond motifs is 1. The molecule has 176 valence electrons. The number of halogens is 1. The highest BCUT2D eigenvalue weighted by Crippen LogP contribution is 2.30. The largest absolute Gasteiger partial charge is 0.497 e. The summed E-state index contributed by atoms with van der Waals surface area (Å²) in [5.41, 5.74) is 3.80. The summed E-state index contributed by atoms with van der Waals surface area (Å²) < 4.78 is 12.3. The van der Waals surface area contributed by atoms with E-state index in [2.05, 4.69) is 49.9 Å². The first-order valence-corrected chi connectivity index (χ1v) is 12.2. The molecule has 2 aromatic heterocycles. The van der Waals surface area contributed by atoms with Crippen LogP contribution in [0.5, 0.6) is 11.6 Å². The van der Waals surface area contributed by atoms with Crippen LogP contribution in [-0.2, 0) is 11.4 Å². The van der Waals surface area contributed by atoms with Gasteiger partial charge in [-0.1, -0.05) is 30.3 Å². The number of aromatic nitrogens is 1. The second-order valence-electron chi connectivity index (χ2n) is 7.40. The van der Waals surface area contributed by atoms with E-state index in [4.69, 9.17) is 14.3 Å². The van der Waals surface area contributed by atoms with Crippen LogP contribution in [-0.4, -0.2) is 31.7 Å². The molecule has 0 radical (unpaired) electrons. The van der Waals surface area contributed by atoms with Crippen molar-refractivity contribution in [2.24, 2.45) is 0 Å². The number of nitrogens with zero attached hydrogens (tertiary/aromatic N) is 1. The van der Waals surface area contributed by atoms with Gasteiger partial charge in [0.25, 0.3) is 5.91 Å². The molecule has 1 amide bonds. The third kappa shape index (κ3) is 5.92. The van der Waals surface area contributed by atoms with Crippen LogP contribution >= 0.6 is 27.3 Å². The molecule has 1 unspecified atom stereocenters. The molecule has 34 heavy (non-hydrogen) atoms. The molecule has 0 fully saturated rings. The van der Waals surface area contributed by atoms with Crippen LogP contribution in [0.15, 0.2) is 71.2 Å². The lowest BCUT2D eigenvalue weighted by molar-refractivity contribution is 0.0218. The maximum atomic E-state index is 12.5. The first-order chi connectivity index (χ1) is 16.6. The highest BCUT2D eigenvalue weighted by Gasteiger charge is 2.17. The molecule has 0 saturated carbocycles. The fraction of sp³-hybridized carbons (Fsp3) is 0.200. The molecule has 2 aromatic carbocycles. The zero-order valence-electron chi connectivity index (χ0n) is 18.7. The Morgan fingerprint density at radius 1 is 1.06 bits per heavy atom. The van der Waals surface area contributed by atoms with Crippen LogP contribution in [0, 0.1) is 0 Å². The number of thiophene rings is 1. The summed E-state index contributed by atoms with van der Waals surface area (Å²) in [6.45, 7) is 0.869. The van der Waals surface area contributed by atoms with Crippen molar-refractivity contribution in [2.45, 2.75) is 12.6 Å². The van der Waals surface area contributed by atoms with Crippen LogP contribution in [0.25, 0.3) is 10.1 Å². The molecule has 4 rings (SSSR count). The Bertz CT molecular complexity index is 1230. The number of carbonyl (C=O) groups is 1. The summed E-state index contributed by atoms with van der Waals surface area (Å²) in [5, 5.41) is 4.72. The molecular weight excluding hydrogens is 518 g/mol. The Morgan fingerprint density at radius 2 is 1.85 bits per heavy atom. The van der Waals surface area contributed by atoms with Gasteiger partial charge in [0.05, 0.1) is 31.3 Å². The lowest BCUT2D eigenvalue weighted by Gasteiger charge is -2.18.